The van der Waals surface area contributed by atoms with Gasteiger partial charge in [-0.05, 0) is 36.6 Å². The number of aryl methyl sites for hydroxylation is 1. The molecule has 1 aliphatic rings. The number of rotatable bonds is 8. The number of nitrogens with one attached hydrogen (secondary N) is 1. The predicted octanol–water partition coefficient (Wildman–Crippen LogP) is 6.91. The molecule has 1 aliphatic carbocycles. The number of hydrogen-bond acceptors (Lipinski definition) is 7. The molecule has 0 amide bonds. The molecule has 7 rings (SSSR count). The monoisotopic (exact) mass is 635 g/mol. The largest absolute Gasteiger partial charge is 0.450 e. The highest BCUT2D eigenvalue weighted by Crippen LogP contribution is 2.39. The Morgan fingerprint density at radius 1 is 1.07 bits per heavy atom. The fourth-order valence-corrected chi connectivity index (χ4v) is 5.63. The van der Waals surface area contributed by atoms with Crippen LogP contribution in [0.1, 0.15) is 30.0 Å². The molecule has 10 nitrogen and oxygen atoms in total. The first-order valence-electron chi connectivity index (χ1n) is 14.0. The first kappa shape index (κ1) is 28.9. The van der Waals surface area contributed by atoms with Gasteiger partial charge in [0.15, 0.2) is 17.1 Å². The molecule has 1 aromatic carbocycles. The smallest absolute Gasteiger partial charge is 0.417 e. The fraction of sp³-hybridized carbons (Fsp3) is 0.226. The van der Waals surface area contributed by atoms with Crippen molar-refractivity contribution < 1.29 is 22.6 Å². The molecule has 14 heteroatoms. The molecule has 230 valence electrons. The van der Waals surface area contributed by atoms with E-state index >= 15 is 0 Å². The van der Waals surface area contributed by atoms with E-state index in [-0.39, 0.29) is 34.2 Å². The normalized spacial score (nSPS) is 16.6. The molecule has 0 aliphatic heterocycles. The van der Waals surface area contributed by atoms with E-state index < -0.39 is 23.3 Å². The summed E-state index contributed by atoms with van der Waals surface area (Å²) in [5.74, 6) is 0.758. The van der Waals surface area contributed by atoms with Crippen molar-refractivity contribution in [1.82, 2.24) is 28.7 Å². The van der Waals surface area contributed by atoms with Gasteiger partial charge in [0, 0.05) is 25.5 Å². The van der Waals surface area contributed by atoms with Gasteiger partial charge < -0.3 is 23.9 Å². The molecule has 5 heterocycles. The number of halogens is 4. The summed E-state index contributed by atoms with van der Waals surface area (Å²) in [6.45, 7) is 0.387. The molecule has 1 saturated carbocycles. The third-order valence-corrected chi connectivity index (χ3v) is 8.19. The van der Waals surface area contributed by atoms with Crippen LogP contribution in [0.5, 0.6) is 11.5 Å². The van der Waals surface area contributed by atoms with E-state index in [1.54, 1.807) is 24.0 Å². The van der Waals surface area contributed by atoms with E-state index in [2.05, 4.69) is 20.4 Å². The lowest BCUT2D eigenvalue weighted by Crippen LogP contribution is -2.39. The van der Waals surface area contributed by atoms with Crippen molar-refractivity contribution in [3.05, 3.63) is 106 Å². The number of anilines is 2. The Morgan fingerprint density at radius 2 is 1.84 bits per heavy atom. The van der Waals surface area contributed by atoms with Gasteiger partial charge in [-0.3, -0.25) is 4.79 Å². The molecule has 0 radical (unpaired) electrons. The van der Waals surface area contributed by atoms with Crippen LogP contribution in [0.2, 0.25) is 5.02 Å². The second-order valence-electron chi connectivity index (χ2n) is 10.8. The lowest BCUT2D eigenvalue weighted by Gasteiger charge is -2.36. The number of alkyl halides is 3. The molecule has 0 unspecified atom stereocenters. The summed E-state index contributed by atoms with van der Waals surface area (Å²) in [7, 11) is 1.61. The van der Waals surface area contributed by atoms with Crippen LogP contribution in [-0.4, -0.2) is 34.8 Å². The lowest BCUT2D eigenvalue weighted by molar-refractivity contribution is -0.138. The summed E-state index contributed by atoms with van der Waals surface area (Å²) in [5.41, 5.74) is 0.419. The van der Waals surface area contributed by atoms with Gasteiger partial charge >= 0.3 is 6.18 Å². The van der Waals surface area contributed by atoms with E-state index in [1.165, 1.54) is 10.8 Å². The van der Waals surface area contributed by atoms with Crippen molar-refractivity contribution in [2.75, 3.05) is 5.32 Å². The molecule has 0 saturated heterocycles. The van der Waals surface area contributed by atoms with Crippen molar-refractivity contribution >= 4 is 39.9 Å². The summed E-state index contributed by atoms with van der Waals surface area (Å²) < 4.78 is 58.0. The molecule has 0 bridgehead atoms. The maximum atomic E-state index is 13.9. The highest BCUT2D eigenvalue weighted by atomic mass is 35.5. The molecule has 1 N–H and O–H groups in total. The number of aromatic nitrogens is 6. The van der Waals surface area contributed by atoms with Crippen molar-refractivity contribution in [3.8, 4) is 11.5 Å². The molecule has 0 atom stereocenters. The van der Waals surface area contributed by atoms with Crippen LogP contribution in [0.3, 0.4) is 0 Å². The van der Waals surface area contributed by atoms with Crippen molar-refractivity contribution in [2.45, 2.75) is 37.8 Å². The second-order valence-corrected chi connectivity index (χ2v) is 11.1. The topological polar surface area (TPSA) is 100 Å². The molecule has 6 aromatic rings. The van der Waals surface area contributed by atoms with E-state index in [4.69, 9.17) is 21.1 Å². The summed E-state index contributed by atoms with van der Waals surface area (Å²) in [5, 5.41) is 7.22. The quantitative estimate of drug-likeness (QED) is 0.194. The Balaban J connectivity index is 1.15. The maximum absolute atomic E-state index is 13.9. The Labute approximate surface area is 258 Å². The average molecular weight is 636 g/mol. The highest BCUT2D eigenvalue weighted by Gasteiger charge is 2.37. The minimum atomic E-state index is -4.68. The standard InChI is InChI=1S/C31H25ClF3N7O3/c1-40-27-26(32)25(45-24-15-37-42-10-6-5-9-23(24)42)14-36-28(27)39-30(40)38-22-11-19(31(33,34)35)16-41(29(22)43)20-12-21(13-20)44-17-18-7-3-2-4-8-18/h2-11,14-16,20-21H,12-13,17H2,1H3,(H,36,38,39)/t20-,21+. The molecule has 0 spiro atoms. The number of imidazole rings is 1. The number of benzene rings is 1. The molecular formula is C31H25ClF3N7O3. The van der Waals surface area contributed by atoms with Crippen LogP contribution in [0.4, 0.5) is 24.8 Å². The number of hydrogen-bond donors (Lipinski definition) is 1. The van der Waals surface area contributed by atoms with Gasteiger partial charge in [-0.15, -0.1) is 0 Å². The minimum Gasteiger partial charge on any atom is -0.450 e. The SMILES string of the molecule is Cn1c(Nc2cc(C(F)(F)F)cn([C@H]3C[C@@H](OCc4ccccc4)C3)c2=O)nc2ncc(Oc3cnn4ccccc34)c(Cl)c21. The van der Waals surface area contributed by atoms with Gasteiger partial charge in [0.1, 0.15) is 21.7 Å². The summed E-state index contributed by atoms with van der Waals surface area (Å²) in [6, 6.07) is 15.4. The summed E-state index contributed by atoms with van der Waals surface area (Å²) in [4.78, 5) is 22.2. The van der Waals surface area contributed by atoms with Gasteiger partial charge in [0.25, 0.3) is 5.56 Å². The number of pyridine rings is 3. The first-order chi connectivity index (χ1) is 21.7. The molecule has 45 heavy (non-hydrogen) atoms. The Bertz CT molecular complexity index is 2090. The zero-order valence-electron chi connectivity index (χ0n) is 23.7. The number of ether oxygens (including phenoxy) is 2. The Kier molecular flexibility index (Phi) is 7.21. The van der Waals surface area contributed by atoms with E-state index in [0.717, 1.165) is 22.4 Å². The predicted molar refractivity (Wildman–Crippen MR) is 161 cm³/mol. The number of fused-ring (bicyclic) bond motifs is 2. The highest BCUT2D eigenvalue weighted by molar-refractivity contribution is 6.36. The Hall–Kier alpha value is -4.88. The zero-order chi connectivity index (χ0) is 31.3. The van der Waals surface area contributed by atoms with E-state index in [1.807, 2.05) is 48.5 Å². The van der Waals surface area contributed by atoms with Crippen LogP contribution < -0.4 is 15.6 Å². The summed E-state index contributed by atoms with van der Waals surface area (Å²) >= 11 is 6.71. The van der Waals surface area contributed by atoms with E-state index in [0.29, 0.717) is 36.2 Å². The molecule has 1 fully saturated rings. The van der Waals surface area contributed by atoms with E-state index in [9.17, 15) is 18.0 Å². The third-order valence-electron chi connectivity index (χ3n) is 7.82. The van der Waals surface area contributed by atoms with Crippen molar-refractivity contribution in [1.29, 1.82) is 0 Å². The van der Waals surface area contributed by atoms with Crippen LogP contribution >= 0.6 is 11.6 Å². The third kappa shape index (κ3) is 5.49. The second kappa shape index (κ2) is 11.2. The first-order valence-corrected chi connectivity index (χ1v) is 14.4. The lowest BCUT2D eigenvalue weighted by atomic mass is 9.88. The van der Waals surface area contributed by atoms with Gasteiger partial charge in [-0.1, -0.05) is 48.0 Å². The minimum absolute atomic E-state index is 0.0770. The molecular weight excluding hydrogens is 611 g/mol. The number of nitrogens with zero attached hydrogens (tertiary/aromatic N) is 6. The van der Waals surface area contributed by atoms with Crippen molar-refractivity contribution in [2.24, 2.45) is 7.05 Å². The average Bonchev–Trinajstić information content (AvgIpc) is 3.55. The Morgan fingerprint density at radius 3 is 2.62 bits per heavy atom. The summed E-state index contributed by atoms with van der Waals surface area (Å²) in [6.07, 6.45) is 1.56. The van der Waals surface area contributed by atoms with Gasteiger partial charge in [-0.2, -0.15) is 23.3 Å². The van der Waals surface area contributed by atoms with Crippen LogP contribution in [0.25, 0.3) is 16.7 Å². The van der Waals surface area contributed by atoms with Crippen LogP contribution in [0.15, 0.2) is 84.2 Å². The zero-order valence-corrected chi connectivity index (χ0v) is 24.5. The maximum Gasteiger partial charge on any atom is 0.417 e. The van der Waals surface area contributed by atoms with Gasteiger partial charge in [-0.25, -0.2) is 9.50 Å². The van der Waals surface area contributed by atoms with Crippen molar-refractivity contribution in [3.63, 3.8) is 0 Å². The van der Waals surface area contributed by atoms with Gasteiger partial charge in [0.05, 0.1) is 30.7 Å². The molecule has 5 aromatic heterocycles. The van der Waals surface area contributed by atoms with Crippen LogP contribution in [0, 0.1) is 0 Å². The van der Waals surface area contributed by atoms with Crippen LogP contribution in [-0.2, 0) is 24.6 Å². The fourth-order valence-electron chi connectivity index (χ4n) is 5.33. The van der Waals surface area contributed by atoms with Gasteiger partial charge in [0.2, 0.25) is 5.95 Å².